The SMILES string of the molecule is Cc1cc(NCc2ccc(O)cc2)n2nc(C)cc2n1. The van der Waals surface area contributed by atoms with E-state index in [1.165, 1.54) is 0 Å². The lowest BCUT2D eigenvalue weighted by Gasteiger charge is -2.09. The van der Waals surface area contributed by atoms with Gasteiger partial charge in [-0.05, 0) is 31.5 Å². The van der Waals surface area contributed by atoms with Crippen molar-refractivity contribution >= 4 is 11.5 Å². The number of aromatic hydroxyl groups is 1. The molecule has 5 nitrogen and oxygen atoms in total. The highest BCUT2D eigenvalue weighted by molar-refractivity contribution is 5.50. The van der Waals surface area contributed by atoms with Gasteiger partial charge in [0.15, 0.2) is 5.65 Å². The number of phenolic OH excluding ortho intramolecular Hbond substituents is 1. The monoisotopic (exact) mass is 268 g/mol. The number of aromatic nitrogens is 3. The molecule has 0 fully saturated rings. The van der Waals surface area contributed by atoms with Crippen LogP contribution in [0.25, 0.3) is 5.65 Å². The molecule has 20 heavy (non-hydrogen) atoms. The molecular weight excluding hydrogens is 252 g/mol. The second-order valence-electron chi connectivity index (χ2n) is 4.86. The van der Waals surface area contributed by atoms with Crippen molar-refractivity contribution in [1.29, 1.82) is 0 Å². The summed E-state index contributed by atoms with van der Waals surface area (Å²) in [5.74, 6) is 1.19. The van der Waals surface area contributed by atoms with E-state index in [9.17, 15) is 5.11 Å². The number of hydrogen-bond donors (Lipinski definition) is 2. The Hall–Kier alpha value is -2.56. The van der Waals surface area contributed by atoms with Gasteiger partial charge in [0.25, 0.3) is 0 Å². The van der Waals surface area contributed by atoms with Gasteiger partial charge < -0.3 is 10.4 Å². The second-order valence-corrected chi connectivity index (χ2v) is 4.86. The standard InChI is InChI=1S/C15H16N4O/c1-10-7-14(19-15(17-10)8-11(2)18-19)16-9-12-3-5-13(20)6-4-12/h3-8,16,20H,9H2,1-2H3. The number of rotatable bonds is 3. The van der Waals surface area contributed by atoms with E-state index in [1.54, 1.807) is 12.1 Å². The number of phenols is 1. The van der Waals surface area contributed by atoms with Crippen molar-refractivity contribution < 1.29 is 5.11 Å². The zero-order valence-electron chi connectivity index (χ0n) is 11.5. The van der Waals surface area contributed by atoms with Crippen LogP contribution in [0.3, 0.4) is 0 Å². The third-order valence-corrected chi connectivity index (χ3v) is 3.09. The highest BCUT2D eigenvalue weighted by Crippen LogP contribution is 2.15. The summed E-state index contributed by atoms with van der Waals surface area (Å²) in [6.07, 6.45) is 0. The van der Waals surface area contributed by atoms with Crippen molar-refractivity contribution in [3.05, 3.63) is 53.3 Å². The zero-order chi connectivity index (χ0) is 14.1. The molecule has 0 amide bonds. The molecule has 2 N–H and O–H groups in total. The summed E-state index contributed by atoms with van der Waals surface area (Å²) in [5.41, 5.74) is 3.83. The fourth-order valence-electron chi connectivity index (χ4n) is 2.15. The van der Waals surface area contributed by atoms with Crippen LogP contribution in [-0.2, 0) is 6.54 Å². The van der Waals surface area contributed by atoms with Crippen LogP contribution in [0.2, 0.25) is 0 Å². The minimum Gasteiger partial charge on any atom is -0.508 e. The van der Waals surface area contributed by atoms with Crippen LogP contribution >= 0.6 is 0 Å². The van der Waals surface area contributed by atoms with E-state index in [0.29, 0.717) is 6.54 Å². The Bertz CT molecular complexity index is 746. The van der Waals surface area contributed by atoms with Gasteiger partial charge in [-0.3, -0.25) is 0 Å². The first-order valence-electron chi connectivity index (χ1n) is 6.47. The zero-order valence-corrected chi connectivity index (χ0v) is 11.5. The maximum Gasteiger partial charge on any atom is 0.157 e. The highest BCUT2D eigenvalue weighted by Gasteiger charge is 2.06. The molecule has 1 aromatic carbocycles. The maximum atomic E-state index is 9.28. The summed E-state index contributed by atoms with van der Waals surface area (Å²) in [4.78, 5) is 4.45. The average Bonchev–Trinajstić information content (AvgIpc) is 2.78. The van der Waals surface area contributed by atoms with Gasteiger partial charge in [-0.25, -0.2) is 4.98 Å². The first-order chi connectivity index (χ1) is 9.61. The second kappa shape index (κ2) is 4.85. The van der Waals surface area contributed by atoms with E-state index in [-0.39, 0.29) is 5.75 Å². The van der Waals surface area contributed by atoms with Gasteiger partial charge in [0, 0.05) is 24.4 Å². The molecule has 2 aromatic heterocycles. The number of nitrogens with zero attached hydrogens (tertiary/aromatic N) is 3. The summed E-state index contributed by atoms with van der Waals surface area (Å²) in [6.45, 7) is 4.58. The van der Waals surface area contributed by atoms with Gasteiger partial charge in [0.05, 0.1) is 5.69 Å². The lowest BCUT2D eigenvalue weighted by Crippen LogP contribution is -2.06. The molecule has 0 aliphatic carbocycles. The maximum absolute atomic E-state index is 9.28. The average molecular weight is 268 g/mol. The third kappa shape index (κ3) is 2.42. The summed E-state index contributed by atoms with van der Waals surface area (Å²) in [5, 5.41) is 17.1. The molecule has 0 saturated heterocycles. The van der Waals surface area contributed by atoms with Crippen molar-refractivity contribution in [2.24, 2.45) is 0 Å². The molecule has 102 valence electrons. The summed E-state index contributed by atoms with van der Waals surface area (Å²) >= 11 is 0. The van der Waals surface area contributed by atoms with Gasteiger partial charge in [-0.15, -0.1) is 0 Å². The minimum atomic E-state index is 0.276. The van der Waals surface area contributed by atoms with Gasteiger partial charge in [-0.1, -0.05) is 12.1 Å². The van der Waals surface area contributed by atoms with E-state index < -0.39 is 0 Å². The normalized spacial score (nSPS) is 10.9. The predicted molar refractivity (Wildman–Crippen MR) is 77.9 cm³/mol. The fraction of sp³-hybridized carbons (Fsp3) is 0.200. The molecule has 0 bridgehead atoms. The molecule has 2 heterocycles. The summed E-state index contributed by atoms with van der Waals surface area (Å²) < 4.78 is 1.81. The number of nitrogens with one attached hydrogen (secondary N) is 1. The fourth-order valence-corrected chi connectivity index (χ4v) is 2.15. The van der Waals surface area contributed by atoms with Crippen LogP contribution in [0, 0.1) is 13.8 Å². The van der Waals surface area contributed by atoms with E-state index in [1.807, 2.05) is 42.6 Å². The van der Waals surface area contributed by atoms with E-state index in [4.69, 9.17) is 0 Å². The van der Waals surface area contributed by atoms with E-state index in [2.05, 4.69) is 15.4 Å². The molecule has 0 aliphatic rings. The molecule has 0 aliphatic heterocycles. The minimum absolute atomic E-state index is 0.276. The van der Waals surface area contributed by atoms with Crippen molar-refractivity contribution in [2.45, 2.75) is 20.4 Å². The lowest BCUT2D eigenvalue weighted by atomic mass is 10.2. The van der Waals surface area contributed by atoms with Crippen LogP contribution < -0.4 is 5.32 Å². The smallest absolute Gasteiger partial charge is 0.157 e. The molecule has 0 radical (unpaired) electrons. The largest absolute Gasteiger partial charge is 0.508 e. The van der Waals surface area contributed by atoms with Gasteiger partial charge in [0.1, 0.15) is 11.6 Å². The highest BCUT2D eigenvalue weighted by atomic mass is 16.3. The quantitative estimate of drug-likeness (QED) is 0.766. The Balaban J connectivity index is 1.88. The molecule has 0 unspecified atom stereocenters. The summed E-state index contributed by atoms with van der Waals surface area (Å²) in [6, 6.07) is 11.1. The van der Waals surface area contributed by atoms with Crippen LogP contribution in [0.15, 0.2) is 36.4 Å². The Morgan fingerprint density at radius 2 is 1.85 bits per heavy atom. The number of hydrogen-bond acceptors (Lipinski definition) is 4. The number of anilines is 1. The van der Waals surface area contributed by atoms with Crippen LogP contribution in [0.1, 0.15) is 17.0 Å². The topological polar surface area (TPSA) is 62.5 Å². The molecule has 0 spiro atoms. The predicted octanol–water partition coefficient (Wildman–Crippen LogP) is 2.66. The molecule has 3 rings (SSSR count). The number of benzene rings is 1. The Morgan fingerprint density at radius 1 is 1.10 bits per heavy atom. The van der Waals surface area contributed by atoms with E-state index >= 15 is 0 Å². The number of aryl methyl sites for hydroxylation is 2. The van der Waals surface area contributed by atoms with Crippen LogP contribution in [0.5, 0.6) is 5.75 Å². The van der Waals surface area contributed by atoms with Crippen LogP contribution in [-0.4, -0.2) is 19.7 Å². The molecule has 0 atom stereocenters. The Morgan fingerprint density at radius 3 is 2.60 bits per heavy atom. The number of fused-ring (bicyclic) bond motifs is 1. The van der Waals surface area contributed by atoms with Gasteiger partial charge >= 0.3 is 0 Å². The molecule has 3 aromatic rings. The van der Waals surface area contributed by atoms with E-state index in [0.717, 1.165) is 28.4 Å². The molecular formula is C15H16N4O. The molecule has 0 saturated carbocycles. The Labute approximate surface area is 116 Å². The molecule has 5 heteroatoms. The van der Waals surface area contributed by atoms with Crippen molar-refractivity contribution in [1.82, 2.24) is 14.6 Å². The van der Waals surface area contributed by atoms with Gasteiger partial charge in [0.2, 0.25) is 0 Å². The van der Waals surface area contributed by atoms with Crippen molar-refractivity contribution in [3.8, 4) is 5.75 Å². The van der Waals surface area contributed by atoms with Gasteiger partial charge in [-0.2, -0.15) is 9.61 Å². The van der Waals surface area contributed by atoms with Crippen molar-refractivity contribution in [3.63, 3.8) is 0 Å². The lowest BCUT2D eigenvalue weighted by molar-refractivity contribution is 0.475. The first-order valence-corrected chi connectivity index (χ1v) is 6.47. The Kier molecular flexibility index (Phi) is 3.02. The summed E-state index contributed by atoms with van der Waals surface area (Å²) in [7, 11) is 0. The van der Waals surface area contributed by atoms with Crippen LogP contribution in [0.4, 0.5) is 5.82 Å². The van der Waals surface area contributed by atoms with Crippen molar-refractivity contribution in [2.75, 3.05) is 5.32 Å². The first kappa shape index (κ1) is 12.5. The third-order valence-electron chi connectivity index (χ3n) is 3.09.